The van der Waals surface area contributed by atoms with Gasteiger partial charge in [-0.3, -0.25) is 9.10 Å². The first-order valence-electron chi connectivity index (χ1n) is 11.8. The van der Waals surface area contributed by atoms with Crippen LogP contribution in [0.2, 0.25) is 5.02 Å². The number of hydrogen-bond acceptors (Lipinski definition) is 3. The van der Waals surface area contributed by atoms with E-state index in [0.29, 0.717) is 11.4 Å². The summed E-state index contributed by atoms with van der Waals surface area (Å²) < 4.78 is 67.2. The van der Waals surface area contributed by atoms with Gasteiger partial charge in [-0.1, -0.05) is 63.1 Å². The van der Waals surface area contributed by atoms with Crippen LogP contribution in [0.4, 0.5) is 18.9 Å². The lowest BCUT2D eigenvalue weighted by molar-refractivity contribution is -0.137. The molecule has 1 N–H and O–H groups in total. The van der Waals surface area contributed by atoms with Gasteiger partial charge < -0.3 is 5.32 Å². The maximum Gasteiger partial charge on any atom is 0.416 e. The first kappa shape index (κ1) is 29.0. The van der Waals surface area contributed by atoms with Crippen LogP contribution in [0.1, 0.15) is 63.9 Å². The summed E-state index contributed by atoms with van der Waals surface area (Å²) >= 11 is 5.85. The Balaban J connectivity index is 2.07. The van der Waals surface area contributed by atoms with E-state index in [1.165, 1.54) is 49.6 Å². The molecule has 0 fully saturated rings. The Kier molecular flexibility index (Phi) is 11.4. The van der Waals surface area contributed by atoms with Gasteiger partial charge >= 0.3 is 6.18 Å². The Bertz CT molecular complexity index is 1040. The van der Waals surface area contributed by atoms with Gasteiger partial charge in [0.1, 0.15) is 0 Å². The van der Waals surface area contributed by atoms with E-state index < -0.39 is 21.8 Å². The molecule has 2 aromatic carbocycles. The van der Waals surface area contributed by atoms with Gasteiger partial charge in [0.05, 0.1) is 22.7 Å². The molecule has 0 saturated carbocycles. The third-order valence-corrected chi connectivity index (χ3v) is 7.60. The summed E-state index contributed by atoms with van der Waals surface area (Å²) in [6, 6.07) is 9.47. The van der Waals surface area contributed by atoms with Crippen molar-refractivity contribution >= 4 is 33.2 Å². The van der Waals surface area contributed by atoms with E-state index in [4.69, 9.17) is 11.6 Å². The molecule has 2 aromatic rings. The lowest BCUT2D eigenvalue weighted by Crippen LogP contribution is -2.38. The summed E-state index contributed by atoms with van der Waals surface area (Å²) in [5.74, 6) is -0.216. The number of hydrogen-bond donors (Lipinski definition) is 1. The van der Waals surface area contributed by atoms with E-state index in [-0.39, 0.29) is 29.6 Å². The second kappa shape index (κ2) is 13.7. The van der Waals surface area contributed by atoms with Crippen molar-refractivity contribution in [1.82, 2.24) is 5.32 Å². The first-order chi connectivity index (χ1) is 16.6. The molecule has 194 valence electrons. The largest absolute Gasteiger partial charge is 0.416 e. The van der Waals surface area contributed by atoms with Crippen LogP contribution < -0.4 is 9.62 Å². The Hall–Kier alpha value is -2.26. The number of benzene rings is 2. The zero-order valence-corrected chi connectivity index (χ0v) is 21.4. The molecular formula is C25H32ClF3N2O3S. The third-order valence-electron chi connectivity index (χ3n) is 5.51. The standard InChI is InChI=1S/C25H32ClF3N2O3S/c1-2-3-4-5-6-7-8-12-24(32)30-17-18-31(22-11-9-10-20(19-22)25(27,28)29)35(33,34)23-15-13-21(26)14-16-23/h9-11,13-16,19H,2-8,12,17-18H2,1H3,(H,30,32). The van der Waals surface area contributed by atoms with E-state index in [9.17, 15) is 26.4 Å². The third kappa shape index (κ3) is 9.37. The fourth-order valence-electron chi connectivity index (χ4n) is 3.59. The van der Waals surface area contributed by atoms with Crippen LogP contribution in [0.3, 0.4) is 0 Å². The zero-order valence-electron chi connectivity index (χ0n) is 19.8. The van der Waals surface area contributed by atoms with E-state index in [1.807, 2.05) is 0 Å². The van der Waals surface area contributed by atoms with Gasteiger partial charge in [-0.2, -0.15) is 13.2 Å². The van der Waals surface area contributed by atoms with Gasteiger partial charge in [0, 0.05) is 18.0 Å². The molecule has 0 spiro atoms. The minimum atomic E-state index is -4.63. The monoisotopic (exact) mass is 532 g/mol. The highest BCUT2D eigenvalue weighted by molar-refractivity contribution is 7.92. The Morgan fingerprint density at radius 1 is 0.971 bits per heavy atom. The number of nitrogens with zero attached hydrogens (tertiary/aromatic N) is 1. The molecule has 0 unspecified atom stereocenters. The normalized spacial score (nSPS) is 11.9. The minimum Gasteiger partial charge on any atom is -0.354 e. The van der Waals surface area contributed by atoms with Gasteiger partial charge in [0.2, 0.25) is 5.91 Å². The van der Waals surface area contributed by atoms with Crippen LogP contribution >= 0.6 is 11.6 Å². The Morgan fingerprint density at radius 2 is 1.60 bits per heavy atom. The number of rotatable bonds is 14. The van der Waals surface area contributed by atoms with Crippen LogP contribution in [0.15, 0.2) is 53.4 Å². The summed E-state index contributed by atoms with van der Waals surface area (Å²) in [6.07, 6.45) is 3.15. The van der Waals surface area contributed by atoms with Crippen LogP contribution in [-0.2, 0) is 21.0 Å². The van der Waals surface area contributed by atoms with Gasteiger partial charge in [-0.05, 0) is 48.9 Å². The molecule has 0 heterocycles. The fraction of sp³-hybridized carbons (Fsp3) is 0.480. The van der Waals surface area contributed by atoms with Crippen LogP contribution in [0, 0.1) is 0 Å². The van der Waals surface area contributed by atoms with Crippen molar-refractivity contribution in [2.75, 3.05) is 17.4 Å². The molecule has 35 heavy (non-hydrogen) atoms. The molecule has 0 saturated heterocycles. The number of nitrogens with one attached hydrogen (secondary N) is 1. The van der Waals surface area contributed by atoms with Crippen molar-refractivity contribution in [2.24, 2.45) is 0 Å². The van der Waals surface area contributed by atoms with Crippen molar-refractivity contribution in [3.63, 3.8) is 0 Å². The average molecular weight is 533 g/mol. The molecule has 10 heteroatoms. The van der Waals surface area contributed by atoms with Crippen LogP contribution in [0.5, 0.6) is 0 Å². The summed E-state index contributed by atoms with van der Waals surface area (Å²) in [6.45, 7) is 1.88. The molecule has 2 rings (SSSR count). The smallest absolute Gasteiger partial charge is 0.354 e. The maximum absolute atomic E-state index is 13.3. The molecule has 0 bridgehead atoms. The molecule has 0 aliphatic heterocycles. The number of sulfonamides is 1. The molecule has 0 aromatic heterocycles. The SMILES string of the molecule is CCCCCCCCCC(=O)NCCN(c1cccc(C(F)(F)F)c1)S(=O)(=O)c1ccc(Cl)cc1. The topological polar surface area (TPSA) is 66.5 Å². The highest BCUT2D eigenvalue weighted by Crippen LogP contribution is 2.33. The number of anilines is 1. The van der Waals surface area contributed by atoms with Crippen molar-refractivity contribution in [2.45, 2.75) is 69.4 Å². The first-order valence-corrected chi connectivity index (χ1v) is 13.6. The zero-order chi connectivity index (χ0) is 25.9. The van der Waals surface area contributed by atoms with E-state index in [0.717, 1.165) is 48.2 Å². The lowest BCUT2D eigenvalue weighted by atomic mass is 10.1. The van der Waals surface area contributed by atoms with E-state index >= 15 is 0 Å². The number of amides is 1. The van der Waals surface area contributed by atoms with Crippen LogP contribution in [-0.4, -0.2) is 27.4 Å². The van der Waals surface area contributed by atoms with Crippen molar-refractivity contribution < 1.29 is 26.4 Å². The number of unbranched alkanes of at least 4 members (excludes halogenated alkanes) is 6. The summed E-state index contributed by atoms with van der Waals surface area (Å²) in [5, 5.41) is 3.01. The van der Waals surface area contributed by atoms with Gasteiger partial charge in [-0.25, -0.2) is 8.42 Å². The Morgan fingerprint density at radius 3 is 2.23 bits per heavy atom. The maximum atomic E-state index is 13.3. The molecule has 0 aliphatic rings. The predicted molar refractivity (Wildman–Crippen MR) is 133 cm³/mol. The minimum absolute atomic E-state index is 0.0433. The van der Waals surface area contributed by atoms with Gasteiger partial charge in [0.25, 0.3) is 10.0 Å². The highest BCUT2D eigenvalue weighted by Gasteiger charge is 2.32. The lowest BCUT2D eigenvalue weighted by Gasteiger charge is -2.25. The molecule has 0 radical (unpaired) electrons. The second-order valence-electron chi connectivity index (χ2n) is 8.30. The summed E-state index contributed by atoms with van der Waals surface area (Å²) in [7, 11) is -4.21. The molecular weight excluding hydrogens is 501 g/mol. The van der Waals surface area contributed by atoms with Crippen LogP contribution in [0.25, 0.3) is 0 Å². The second-order valence-corrected chi connectivity index (χ2v) is 10.6. The average Bonchev–Trinajstić information content (AvgIpc) is 2.81. The van der Waals surface area contributed by atoms with Gasteiger partial charge in [-0.15, -0.1) is 0 Å². The number of alkyl halides is 3. The molecule has 5 nitrogen and oxygen atoms in total. The van der Waals surface area contributed by atoms with Crippen molar-refractivity contribution in [1.29, 1.82) is 0 Å². The molecule has 0 atom stereocenters. The number of halogens is 4. The number of carbonyl (C=O) groups excluding carboxylic acids is 1. The van der Waals surface area contributed by atoms with Crippen molar-refractivity contribution in [3.05, 3.63) is 59.1 Å². The van der Waals surface area contributed by atoms with Crippen molar-refractivity contribution in [3.8, 4) is 0 Å². The molecule has 0 aliphatic carbocycles. The summed E-state index contributed by atoms with van der Waals surface area (Å²) in [4.78, 5) is 12.1. The Labute approximate surface area is 210 Å². The quantitative estimate of drug-likeness (QED) is 0.272. The number of carbonyl (C=O) groups is 1. The van der Waals surface area contributed by atoms with E-state index in [2.05, 4.69) is 12.2 Å². The fourth-order valence-corrected chi connectivity index (χ4v) is 5.17. The highest BCUT2D eigenvalue weighted by atomic mass is 35.5. The van der Waals surface area contributed by atoms with Gasteiger partial charge in [0.15, 0.2) is 0 Å². The summed E-state index contributed by atoms with van der Waals surface area (Å²) in [5.41, 5.74) is -1.11. The van der Waals surface area contributed by atoms with E-state index in [1.54, 1.807) is 0 Å². The predicted octanol–water partition coefficient (Wildman–Crippen LogP) is 6.81. The molecule has 1 amide bonds.